The molecular weight excluding hydrogens is 290 g/mol. The Morgan fingerprint density at radius 1 is 1.42 bits per heavy atom. The Morgan fingerprint density at radius 3 is 2.68 bits per heavy atom. The van der Waals surface area contributed by atoms with Crippen LogP contribution in [0.15, 0.2) is 17.0 Å². The van der Waals surface area contributed by atoms with E-state index < -0.39 is 10.0 Å². The van der Waals surface area contributed by atoms with Crippen molar-refractivity contribution in [1.82, 2.24) is 4.72 Å². The highest BCUT2D eigenvalue weighted by Gasteiger charge is 2.20. The first-order valence-electron chi connectivity index (χ1n) is 5.95. The van der Waals surface area contributed by atoms with E-state index in [0.717, 1.165) is 5.56 Å². The van der Waals surface area contributed by atoms with Crippen molar-refractivity contribution >= 4 is 21.6 Å². The molecule has 19 heavy (non-hydrogen) atoms. The van der Waals surface area contributed by atoms with Crippen molar-refractivity contribution in [1.29, 1.82) is 0 Å². The molecule has 0 saturated carbocycles. The number of aliphatic hydroxyl groups is 1. The molecule has 0 unspecified atom stereocenters. The number of aliphatic hydroxyl groups excluding tert-OH is 1. The molecule has 1 aromatic rings. The van der Waals surface area contributed by atoms with Crippen molar-refractivity contribution in [2.75, 3.05) is 19.8 Å². The minimum absolute atomic E-state index is 0.0166. The SMILES string of the molecule is CCOc1cc(C)c(Cl)cc1S(=O)(=O)NCCCO. The summed E-state index contributed by atoms with van der Waals surface area (Å²) in [5.41, 5.74) is 0.749. The maximum Gasteiger partial charge on any atom is 0.244 e. The fourth-order valence-corrected chi connectivity index (χ4v) is 2.93. The number of hydrogen-bond donors (Lipinski definition) is 2. The summed E-state index contributed by atoms with van der Waals surface area (Å²) >= 11 is 5.97. The van der Waals surface area contributed by atoms with Crippen molar-refractivity contribution in [3.63, 3.8) is 0 Å². The van der Waals surface area contributed by atoms with E-state index in [0.29, 0.717) is 18.1 Å². The Balaban J connectivity index is 3.12. The predicted octanol–water partition coefficient (Wildman–Crippen LogP) is 1.71. The summed E-state index contributed by atoms with van der Waals surface area (Å²) in [6.45, 7) is 4.01. The van der Waals surface area contributed by atoms with E-state index in [4.69, 9.17) is 21.4 Å². The van der Waals surface area contributed by atoms with Crippen LogP contribution in [0.5, 0.6) is 5.75 Å². The minimum Gasteiger partial charge on any atom is -0.492 e. The smallest absolute Gasteiger partial charge is 0.244 e. The lowest BCUT2D eigenvalue weighted by atomic mass is 10.2. The van der Waals surface area contributed by atoms with Gasteiger partial charge in [-0.15, -0.1) is 0 Å². The van der Waals surface area contributed by atoms with Gasteiger partial charge in [0, 0.05) is 18.2 Å². The Bertz CT molecular complexity index is 531. The van der Waals surface area contributed by atoms with Crippen LogP contribution >= 0.6 is 11.6 Å². The van der Waals surface area contributed by atoms with Gasteiger partial charge in [-0.3, -0.25) is 0 Å². The highest BCUT2D eigenvalue weighted by atomic mass is 35.5. The lowest BCUT2D eigenvalue weighted by Gasteiger charge is -2.13. The van der Waals surface area contributed by atoms with Gasteiger partial charge in [0.25, 0.3) is 0 Å². The zero-order valence-corrected chi connectivity index (χ0v) is 12.5. The Labute approximate surface area is 118 Å². The number of sulfonamides is 1. The average Bonchev–Trinajstić information content (AvgIpc) is 2.34. The molecule has 0 atom stereocenters. The Hall–Kier alpha value is -0.820. The summed E-state index contributed by atoms with van der Waals surface area (Å²) in [6, 6.07) is 2.98. The number of ether oxygens (including phenoxy) is 1. The van der Waals surface area contributed by atoms with Gasteiger partial charge in [0.1, 0.15) is 10.6 Å². The molecular formula is C12H18ClNO4S. The third kappa shape index (κ3) is 4.35. The van der Waals surface area contributed by atoms with Gasteiger partial charge in [-0.25, -0.2) is 13.1 Å². The van der Waals surface area contributed by atoms with Crippen LogP contribution < -0.4 is 9.46 Å². The van der Waals surface area contributed by atoms with E-state index in [9.17, 15) is 8.42 Å². The summed E-state index contributed by atoms with van der Waals surface area (Å²) in [5.74, 6) is 0.279. The van der Waals surface area contributed by atoms with Crippen LogP contribution in [0.25, 0.3) is 0 Å². The summed E-state index contributed by atoms with van der Waals surface area (Å²) < 4.78 is 32.0. The fourth-order valence-electron chi connectivity index (χ4n) is 1.48. The summed E-state index contributed by atoms with van der Waals surface area (Å²) in [6.07, 6.45) is 0.350. The lowest BCUT2D eigenvalue weighted by molar-refractivity contribution is 0.289. The van der Waals surface area contributed by atoms with Gasteiger partial charge in [-0.1, -0.05) is 11.6 Å². The molecule has 0 saturated heterocycles. The maximum atomic E-state index is 12.1. The molecule has 0 aliphatic rings. The van der Waals surface area contributed by atoms with Crippen molar-refractivity contribution in [2.24, 2.45) is 0 Å². The van der Waals surface area contributed by atoms with Gasteiger partial charge in [0.15, 0.2) is 0 Å². The second kappa shape index (κ2) is 7.09. The highest BCUT2D eigenvalue weighted by Crippen LogP contribution is 2.30. The summed E-state index contributed by atoms with van der Waals surface area (Å²) in [5, 5.41) is 9.04. The summed E-state index contributed by atoms with van der Waals surface area (Å²) in [7, 11) is -3.70. The molecule has 2 N–H and O–H groups in total. The minimum atomic E-state index is -3.70. The molecule has 0 radical (unpaired) electrons. The molecule has 5 nitrogen and oxygen atoms in total. The summed E-state index contributed by atoms with van der Waals surface area (Å²) in [4.78, 5) is 0.0166. The number of rotatable bonds is 7. The quantitative estimate of drug-likeness (QED) is 0.752. The van der Waals surface area contributed by atoms with Gasteiger partial charge in [-0.05, 0) is 38.0 Å². The number of aryl methyl sites for hydroxylation is 1. The third-order valence-corrected chi connectivity index (χ3v) is 4.33. The number of hydrogen-bond acceptors (Lipinski definition) is 4. The van der Waals surface area contributed by atoms with Crippen molar-refractivity contribution in [2.45, 2.75) is 25.2 Å². The molecule has 0 aliphatic carbocycles. The molecule has 0 heterocycles. The van der Waals surface area contributed by atoms with E-state index in [1.165, 1.54) is 6.07 Å². The normalized spacial score (nSPS) is 11.6. The standard InChI is InChI=1S/C12H18ClNO4S/c1-3-18-11-7-9(2)10(13)8-12(11)19(16,17)14-5-4-6-15/h7-8,14-15H,3-6H2,1-2H3. The molecule has 0 spiro atoms. The van der Waals surface area contributed by atoms with Gasteiger partial charge in [0.05, 0.1) is 6.61 Å². The van der Waals surface area contributed by atoms with Crippen LogP contribution in [0.1, 0.15) is 18.9 Å². The molecule has 1 rings (SSSR count). The largest absolute Gasteiger partial charge is 0.492 e. The van der Waals surface area contributed by atoms with Gasteiger partial charge < -0.3 is 9.84 Å². The molecule has 1 aromatic carbocycles. The molecule has 7 heteroatoms. The molecule has 0 amide bonds. The third-order valence-electron chi connectivity index (χ3n) is 2.44. The molecule has 0 fully saturated rings. The van der Waals surface area contributed by atoms with Crippen LogP contribution in [0.3, 0.4) is 0 Å². The molecule has 108 valence electrons. The van der Waals surface area contributed by atoms with Crippen LogP contribution in [-0.2, 0) is 10.0 Å². The van der Waals surface area contributed by atoms with Crippen LogP contribution in [0.2, 0.25) is 5.02 Å². The topological polar surface area (TPSA) is 75.6 Å². The van der Waals surface area contributed by atoms with Gasteiger partial charge >= 0.3 is 0 Å². The fraction of sp³-hybridized carbons (Fsp3) is 0.500. The molecule has 0 bridgehead atoms. The van der Waals surface area contributed by atoms with Crippen molar-refractivity contribution < 1.29 is 18.3 Å². The first-order valence-corrected chi connectivity index (χ1v) is 7.82. The number of nitrogens with one attached hydrogen (secondary N) is 1. The first-order chi connectivity index (χ1) is 8.92. The highest BCUT2D eigenvalue weighted by molar-refractivity contribution is 7.89. The maximum absolute atomic E-state index is 12.1. The first kappa shape index (κ1) is 16.2. The monoisotopic (exact) mass is 307 g/mol. The molecule has 0 aliphatic heterocycles. The lowest BCUT2D eigenvalue weighted by Crippen LogP contribution is -2.26. The second-order valence-electron chi connectivity index (χ2n) is 3.96. The van der Waals surface area contributed by atoms with E-state index in [2.05, 4.69) is 4.72 Å². The van der Waals surface area contributed by atoms with Gasteiger partial charge in [0.2, 0.25) is 10.0 Å². The molecule has 0 aromatic heterocycles. The van der Waals surface area contributed by atoms with E-state index in [1.807, 2.05) is 0 Å². The average molecular weight is 308 g/mol. The Kier molecular flexibility index (Phi) is 6.06. The Morgan fingerprint density at radius 2 is 2.11 bits per heavy atom. The van der Waals surface area contributed by atoms with Crippen LogP contribution in [0.4, 0.5) is 0 Å². The van der Waals surface area contributed by atoms with Crippen molar-refractivity contribution in [3.05, 3.63) is 22.7 Å². The number of benzene rings is 1. The van der Waals surface area contributed by atoms with E-state index in [1.54, 1.807) is 19.9 Å². The number of halogens is 1. The zero-order chi connectivity index (χ0) is 14.5. The van der Waals surface area contributed by atoms with Gasteiger partial charge in [-0.2, -0.15) is 0 Å². The van der Waals surface area contributed by atoms with Crippen LogP contribution in [-0.4, -0.2) is 33.3 Å². The van der Waals surface area contributed by atoms with Crippen molar-refractivity contribution in [3.8, 4) is 5.75 Å². The van der Waals surface area contributed by atoms with E-state index >= 15 is 0 Å². The zero-order valence-electron chi connectivity index (χ0n) is 10.9. The van der Waals surface area contributed by atoms with E-state index in [-0.39, 0.29) is 23.8 Å². The second-order valence-corrected chi connectivity index (χ2v) is 6.10. The van der Waals surface area contributed by atoms with Crippen LogP contribution in [0, 0.1) is 6.92 Å². The predicted molar refractivity (Wildman–Crippen MR) is 74.2 cm³/mol.